The normalized spacial score (nSPS) is 22.8. The van der Waals surface area contributed by atoms with Crippen LogP contribution in [0.3, 0.4) is 0 Å². The van der Waals surface area contributed by atoms with Crippen molar-refractivity contribution in [3.05, 3.63) is 24.3 Å². The molecule has 1 aromatic carbocycles. The van der Waals surface area contributed by atoms with Crippen molar-refractivity contribution in [3.63, 3.8) is 0 Å². The molecule has 1 saturated carbocycles. The van der Waals surface area contributed by atoms with Crippen LogP contribution in [0, 0.1) is 17.2 Å². The number of nitrogens with one attached hydrogen (secondary N) is 1. The van der Waals surface area contributed by atoms with Gasteiger partial charge in [-0.25, -0.2) is 0 Å². The highest BCUT2D eigenvalue weighted by molar-refractivity contribution is 5.57. The lowest BCUT2D eigenvalue weighted by Gasteiger charge is -2.20. The lowest BCUT2D eigenvalue weighted by molar-refractivity contribution is -0.274. The van der Waals surface area contributed by atoms with Gasteiger partial charge in [0.15, 0.2) is 5.75 Å². The molecule has 0 amide bonds. The first-order valence-electron chi connectivity index (χ1n) is 6.00. The van der Waals surface area contributed by atoms with Gasteiger partial charge in [0.1, 0.15) is 0 Å². The Morgan fingerprint density at radius 2 is 2.00 bits per heavy atom. The zero-order valence-corrected chi connectivity index (χ0v) is 10.1. The van der Waals surface area contributed by atoms with E-state index in [2.05, 4.69) is 16.1 Å². The third kappa shape index (κ3) is 3.53. The molecule has 1 fully saturated rings. The van der Waals surface area contributed by atoms with Gasteiger partial charge >= 0.3 is 6.36 Å². The third-order valence-electron chi connectivity index (χ3n) is 3.14. The summed E-state index contributed by atoms with van der Waals surface area (Å²) in [4.78, 5) is 0. The van der Waals surface area contributed by atoms with Crippen molar-refractivity contribution >= 4 is 5.69 Å². The average Bonchev–Trinajstić information content (AvgIpc) is 2.77. The highest BCUT2D eigenvalue weighted by atomic mass is 19.4. The Hall–Kier alpha value is -1.90. The predicted octanol–water partition coefficient (Wildman–Crippen LogP) is 3.69. The number of ether oxygens (including phenoxy) is 1. The van der Waals surface area contributed by atoms with Crippen molar-refractivity contribution in [3.8, 4) is 11.8 Å². The molecule has 19 heavy (non-hydrogen) atoms. The predicted molar refractivity (Wildman–Crippen MR) is 63.5 cm³/mol. The average molecular weight is 270 g/mol. The zero-order valence-electron chi connectivity index (χ0n) is 10.1. The first-order chi connectivity index (χ1) is 8.99. The van der Waals surface area contributed by atoms with E-state index >= 15 is 0 Å². The van der Waals surface area contributed by atoms with Crippen LogP contribution in [0.1, 0.15) is 19.3 Å². The van der Waals surface area contributed by atoms with Gasteiger partial charge in [0, 0.05) is 6.04 Å². The van der Waals surface area contributed by atoms with E-state index in [1.165, 1.54) is 18.2 Å². The summed E-state index contributed by atoms with van der Waals surface area (Å²) in [6, 6.07) is 7.93. The Kier molecular flexibility index (Phi) is 3.84. The van der Waals surface area contributed by atoms with Crippen LogP contribution < -0.4 is 10.1 Å². The fourth-order valence-electron chi connectivity index (χ4n) is 2.29. The SMILES string of the molecule is N#CC1CCCC1Nc1ccccc1OC(F)(F)F. The molecule has 102 valence electrons. The Morgan fingerprint density at radius 1 is 1.26 bits per heavy atom. The second-order valence-electron chi connectivity index (χ2n) is 4.46. The molecule has 0 saturated heterocycles. The summed E-state index contributed by atoms with van der Waals surface area (Å²) < 4.78 is 40.8. The number of nitriles is 1. The van der Waals surface area contributed by atoms with Crippen molar-refractivity contribution in [2.24, 2.45) is 5.92 Å². The number of hydrogen-bond donors (Lipinski definition) is 1. The number of halogens is 3. The molecular weight excluding hydrogens is 257 g/mol. The summed E-state index contributed by atoms with van der Waals surface area (Å²) in [7, 11) is 0. The van der Waals surface area contributed by atoms with Gasteiger partial charge in [-0.3, -0.25) is 0 Å². The maximum absolute atomic E-state index is 12.3. The van der Waals surface area contributed by atoms with Crippen LogP contribution in [-0.2, 0) is 0 Å². The Labute approximate surface area is 109 Å². The van der Waals surface area contributed by atoms with E-state index in [9.17, 15) is 13.2 Å². The van der Waals surface area contributed by atoms with Gasteiger partial charge in [0.25, 0.3) is 0 Å². The minimum Gasteiger partial charge on any atom is -0.404 e. The topological polar surface area (TPSA) is 45.0 Å². The van der Waals surface area contributed by atoms with Crippen LogP contribution in [0.25, 0.3) is 0 Å². The highest BCUT2D eigenvalue weighted by Gasteiger charge is 2.33. The van der Waals surface area contributed by atoms with E-state index < -0.39 is 6.36 Å². The van der Waals surface area contributed by atoms with Crippen molar-refractivity contribution in [2.45, 2.75) is 31.7 Å². The standard InChI is InChI=1S/C13H13F3N2O/c14-13(15,16)19-12-7-2-1-5-11(12)18-10-6-3-4-9(10)8-17/h1-2,5,7,9-10,18H,3-4,6H2. The highest BCUT2D eigenvalue weighted by Crippen LogP contribution is 2.34. The Morgan fingerprint density at radius 3 is 2.68 bits per heavy atom. The second kappa shape index (κ2) is 5.39. The molecule has 0 bridgehead atoms. The Bertz CT molecular complexity index is 482. The lowest BCUT2D eigenvalue weighted by atomic mass is 10.1. The summed E-state index contributed by atoms with van der Waals surface area (Å²) in [5.41, 5.74) is 0.270. The van der Waals surface area contributed by atoms with Crippen LogP contribution in [-0.4, -0.2) is 12.4 Å². The molecule has 0 aliphatic heterocycles. The van der Waals surface area contributed by atoms with Crippen LogP contribution in [0.4, 0.5) is 18.9 Å². The molecule has 0 aromatic heterocycles. The maximum atomic E-state index is 12.3. The lowest BCUT2D eigenvalue weighted by Crippen LogP contribution is -2.24. The molecule has 1 aromatic rings. The molecular formula is C13H13F3N2O. The summed E-state index contributed by atoms with van der Waals surface area (Å²) in [5, 5.41) is 12.0. The first-order valence-corrected chi connectivity index (χ1v) is 6.00. The Balaban J connectivity index is 2.14. The minimum absolute atomic E-state index is 0.122. The molecule has 1 aliphatic carbocycles. The molecule has 2 atom stereocenters. The van der Waals surface area contributed by atoms with E-state index in [0.717, 1.165) is 19.3 Å². The molecule has 6 heteroatoms. The van der Waals surface area contributed by atoms with Crippen molar-refractivity contribution in [1.82, 2.24) is 0 Å². The number of alkyl halides is 3. The van der Waals surface area contributed by atoms with Gasteiger partial charge < -0.3 is 10.1 Å². The molecule has 2 unspecified atom stereocenters. The fraction of sp³-hybridized carbons (Fsp3) is 0.462. The molecule has 0 radical (unpaired) electrons. The molecule has 3 nitrogen and oxygen atoms in total. The second-order valence-corrected chi connectivity index (χ2v) is 4.46. The third-order valence-corrected chi connectivity index (χ3v) is 3.14. The van der Waals surface area contributed by atoms with Crippen LogP contribution in [0.5, 0.6) is 5.75 Å². The minimum atomic E-state index is -4.72. The van der Waals surface area contributed by atoms with E-state index in [-0.39, 0.29) is 23.4 Å². The molecule has 2 rings (SSSR count). The molecule has 1 aliphatic rings. The maximum Gasteiger partial charge on any atom is 0.573 e. The first kappa shape index (κ1) is 13.5. The number of rotatable bonds is 3. The van der Waals surface area contributed by atoms with E-state index in [0.29, 0.717) is 0 Å². The van der Waals surface area contributed by atoms with E-state index in [1.54, 1.807) is 6.07 Å². The molecule has 1 N–H and O–H groups in total. The smallest absolute Gasteiger partial charge is 0.404 e. The number of benzene rings is 1. The quantitative estimate of drug-likeness (QED) is 0.911. The summed E-state index contributed by atoms with van der Waals surface area (Å²) in [6.45, 7) is 0. The van der Waals surface area contributed by atoms with Gasteiger partial charge in [-0.15, -0.1) is 13.2 Å². The van der Waals surface area contributed by atoms with Gasteiger partial charge in [-0.2, -0.15) is 5.26 Å². The van der Waals surface area contributed by atoms with Crippen molar-refractivity contribution in [1.29, 1.82) is 5.26 Å². The van der Waals surface area contributed by atoms with Crippen molar-refractivity contribution in [2.75, 3.05) is 5.32 Å². The zero-order chi connectivity index (χ0) is 13.9. The van der Waals surface area contributed by atoms with Gasteiger partial charge in [0.2, 0.25) is 0 Å². The number of nitrogens with zero attached hydrogens (tertiary/aromatic N) is 1. The largest absolute Gasteiger partial charge is 0.573 e. The van der Waals surface area contributed by atoms with Gasteiger partial charge in [-0.1, -0.05) is 12.1 Å². The summed E-state index contributed by atoms with van der Waals surface area (Å²) >= 11 is 0. The van der Waals surface area contributed by atoms with Crippen LogP contribution in [0.15, 0.2) is 24.3 Å². The van der Waals surface area contributed by atoms with E-state index in [4.69, 9.17) is 5.26 Å². The number of hydrogen-bond acceptors (Lipinski definition) is 3. The van der Waals surface area contributed by atoms with Gasteiger partial charge in [0.05, 0.1) is 17.7 Å². The molecule has 0 heterocycles. The number of anilines is 1. The van der Waals surface area contributed by atoms with Crippen LogP contribution in [0.2, 0.25) is 0 Å². The number of para-hydroxylation sites is 2. The van der Waals surface area contributed by atoms with Crippen LogP contribution >= 0.6 is 0 Å². The van der Waals surface area contributed by atoms with Crippen molar-refractivity contribution < 1.29 is 17.9 Å². The monoisotopic (exact) mass is 270 g/mol. The van der Waals surface area contributed by atoms with E-state index in [1.807, 2.05) is 0 Å². The summed E-state index contributed by atoms with van der Waals surface area (Å²) in [5.74, 6) is -0.433. The molecule has 0 spiro atoms. The summed E-state index contributed by atoms with van der Waals surface area (Å²) in [6.07, 6.45) is -2.27. The van der Waals surface area contributed by atoms with Gasteiger partial charge in [-0.05, 0) is 31.4 Å². The fourth-order valence-corrected chi connectivity index (χ4v) is 2.29.